The molecular formula is C94H82F25N9O15. The highest BCUT2D eigenvalue weighted by Crippen LogP contribution is 2.50. The van der Waals surface area contributed by atoms with Crippen LogP contribution < -0.4 is 28.9 Å². The molecule has 3 aromatic heterocycles. The van der Waals surface area contributed by atoms with E-state index in [2.05, 4.69) is 15.0 Å². The van der Waals surface area contributed by atoms with Crippen molar-refractivity contribution >= 4 is 53.6 Å². The maximum atomic E-state index is 14.8. The van der Waals surface area contributed by atoms with Gasteiger partial charge in [-0.3, -0.25) is 29.1 Å². The number of anilines is 3. The fourth-order valence-corrected chi connectivity index (χ4v) is 17.0. The Morgan fingerprint density at radius 2 is 0.664 bits per heavy atom. The standard InChI is InChI=1S/C32H29F8N3O5.C31H26F9N3O5.C31H27F8N3O5/c1-16-8-25(42-14-30(33,34)15-42)41-23(27(16)22-9-18(5-7-26(44)45)4-6-24(22)47-3)13-43-17(2)28(48-29(43)46)19-10-20(31(35,36)37)12-21(11-19)32(38,39)40;1-15-27(17-7-18(30(35,36)37)10-19(8-17)31(38,39)40)48-28(46)43(15)12-23-20(4-5-25(41-23)42-13-29(33,34)14-42)21-9-16(3-6-26(44)45)22(32)11-24(21)47-2;1-16-27(18-10-19(30(34,35)36)12-20(11-18)31(37,38)39)47-28(45)42(16)13-23-21(5-7-25(40-23)41-14-29(32,33)15-41)22-9-17(4-8-26(43)44)3-6-24(22)46-2/h4,6,8-12,17,28H,5,7,13-15H2,1-3H3,(H,44,45);4-5,7-11,15,27H,3,6,12-14H2,1-2H3,(H,44,45);3,5-7,9-12,16,27H,4,8,13-15H2,1-2H3,(H,43,44)/t17-,28-;15-,27-;16-,27-/m000/s1. The van der Waals surface area contributed by atoms with Crippen LogP contribution in [0.15, 0.2) is 133 Å². The molecule has 6 aliphatic rings. The first-order valence-electron chi connectivity index (χ1n) is 43.0. The number of benzene rings is 6. The molecule has 0 aliphatic carbocycles. The van der Waals surface area contributed by atoms with E-state index in [-0.39, 0.29) is 120 Å². The lowest BCUT2D eigenvalue weighted by Gasteiger charge is -2.40. The zero-order chi connectivity index (χ0) is 105. The van der Waals surface area contributed by atoms with Crippen molar-refractivity contribution in [2.24, 2.45) is 0 Å². The number of aliphatic carboxylic acids is 3. The summed E-state index contributed by atoms with van der Waals surface area (Å²) in [6, 6.07) is 19.0. The lowest BCUT2D eigenvalue weighted by molar-refractivity contribution is -0.144. The number of aromatic nitrogens is 3. The lowest BCUT2D eigenvalue weighted by atomic mass is 9.94. The number of nitrogens with zero attached hydrogens (tertiary/aromatic N) is 9. The predicted molar refractivity (Wildman–Crippen MR) is 455 cm³/mol. The molecule has 9 heterocycles. The van der Waals surface area contributed by atoms with E-state index in [1.165, 1.54) is 81.1 Å². The van der Waals surface area contributed by atoms with Crippen molar-refractivity contribution in [3.63, 3.8) is 0 Å². The molecule has 6 fully saturated rings. The van der Waals surface area contributed by atoms with E-state index in [0.717, 1.165) is 20.8 Å². The first-order valence-corrected chi connectivity index (χ1v) is 43.0. The summed E-state index contributed by atoms with van der Waals surface area (Å²) < 4.78 is 374. The van der Waals surface area contributed by atoms with Crippen LogP contribution in [0.1, 0.15) is 148 Å². The average molecular weight is 2050 g/mol. The van der Waals surface area contributed by atoms with Crippen LogP contribution in [0.5, 0.6) is 17.2 Å². The van der Waals surface area contributed by atoms with Gasteiger partial charge < -0.3 is 58.4 Å². The summed E-state index contributed by atoms with van der Waals surface area (Å²) in [4.78, 5) is 93.5. The van der Waals surface area contributed by atoms with Crippen LogP contribution in [0.25, 0.3) is 33.4 Å². The molecule has 24 nitrogen and oxygen atoms in total. The van der Waals surface area contributed by atoms with E-state index in [4.69, 9.17) is 43.7 Å². The van der Waals surface area contributed by atoms with E-state index < -0.39 is 236 Å². The minimum absolute atomic E-state index is 0.00959. The molecule has 6 atom stereocenters. The highest BCUT2D eigenvalue weighted by atomic mass is 19.4. The highest BCUT2D eigenvalue weighted by molar-refractivity contribution is 5.82. The number of carbonyl (C=O) groups is 6. The molecule has 6 aromatic carbocycles. The molecule has 0 saturated carbocycles. The quantitative estimate of drug-likeness (QED) is 0.0319. The molecule has 3 amide bonds. The monoisotopic (exact) mass is 2050 g/mol. The van der Waals surface area contributed by atoms with Crippen molar-refractivity contribution in [2.45, 2.75) is 177 Å². The number of alkyl halides is 24. The maximum absolute atomic E-state index is 14.8. The van der Waals surface area contributed by atoms with Gasteiger partial charge in [0.1, 0.15) is 58.8 Å². The third kappa shape index (κ3) is 24.3. The maximum Gasteiger partial charge on any atom is 0.416 e. The normalized spacial score (nSPS) is 19.3. The van der Waals surface area contributed by atoms with Crippen molar-refractivity contribution in [3.05, 3.63) is 229 Å². The minimum Gasteiger partial charge on any atom is -0.496 e. The first kappa shape index (κ1) is 106. The molecule has 143 heavy (non-hydrogen) atoms. The number of carboxylic acids is 3. The molecule has 3 N–H and O–H groups in total. The van der Waals surface area contributed by atoms with E-state index >= 15 is 0 Å². The van der Waals surface area contributed by atoms with E-state index in [9.17, 15) is 139 Å². The molecule has 9 aromatic rings. The van der Waals surface area contributed by atoms with Gasteiger partial charge in [0.15, 0.2) is 0 Å². The number of rotatable bonds is 27. The second-order valence-electron chi connectivity index (χ2n) is 34.5. The van der Waals surface area contributed by atoms with Crippen LogP contribution in [0.4, 0.5) is 142 Å². The van der Waals surface area contributed by atoms with Crippen molar-refractivity contribution in [2.75, 3.05) is 75.3 Å². The van der Waals surface area contributed by atoms with Gasteiger partial charge >= 0.3 is 73.2 Å². The van der Waals surface area contributed by atoms with Crippen molar-refractivity contribution < 1.29 is 182 Å². The van der Waals surface area contributed by atoms with E-state index in [0.29, 0.717) is 86.8 Å². The van der Waals surface area contributed by atoms with Crippen LogP contribution in [-0.2, 0) is 105 Å². The van der Waals surface area contributed by atoms with Gasteiger partial charge in [0.05, 0.1) is 149 Å². The molecule has 0 bridgehead atoms. The SMILES string of the molecule is COc1cc(F)c(CCC(=O)O)cc1-c1ccc(N2CC(F)(F)C2)nc1CN1C(=O)O[C@H](c2cc(C(F)(F)F)cc(C(F)(F)F)c2)[C@@H]1C.COc1ccc(CCC(=O)O)cc1-c1c(C)cc(N2CC(F)(F)C2)nc1CN1C(=O)O[C@H](c2cc(C(F)(F)F)cc(C(F)(F)F)c2)[C@@H]1C.COc1ccc(CCC(=O)O)cc1-c1ccc(N2CC(F)(F)C2)nc1CN1C(=O)O[C@H](c2cc(C(F)(F)F)cc(C(F)(F)F)c2)[C@@H]1C. The van der Waals surface area contributed by atoms with Gasteiger partial charge in [0.2, 0.25) is 0 Å². The smallest absolute Gasteiger partial charge is 0.416 e. The zero-order valence-corrected chi connectivity index (χ0v) is 75.5. The average Bonchev–Trinajstić information content (AvgIpc) is 1.40. The summed E-state index contributed by atoms with van der Waals surface area (Å²) in [5.41, 5.74) is -7.03. The Morgan fingerprint density at radius 1 is 0.371 bits per heavy atom. The van der Waals surface area contributed by atoms with Gasteiger partial charge in [-0.2, -0.15) is 79.0 Å². The number of amides is 3. The fraction of sp³-hybridized carbons (Fsp3) is 0.394. The topological polar surface area (TPSA) is 277 Å². The number of hydrogen-bond donors (Lipinski definition) is 3. The number of aryl methyl sites for hydroxylation is 4. The third-order valence-electron chi connectivity index (χ3n) is 24.3. The summed E-state index contributed by atoms with van der Waals surface area (Å²) in [5, 5.41) is 27.4. The van der Waals surface area contributed by atoms with Crippen molar-refractivity contribution in [3.8, 4) is 50.6 Å². The van der Waals surface area contributed by atoms with Crippen LogP contribution in [-0.4, -0.2) is 178 Å². The lowest BCUT2D eigenvalue weighted by Crippen LogP contribution is -2.56. The van der Waals surface area contributed by atoms with Crippen molar-refractivity contribution in [1.82, 2.24) is 29.7 Å². The number of methoxy groups -OCH3 is 3. The molecular weight excluding hydrogens is 1970 g/mol. The molecule has 49 heteroatoms. The minimum atomic E-state index is -5.15. The number of carboxylic acid groups (broad SMARTS) is 3. The van der Waals surface area contributed by atoms with Crippen molar-refractivity contribution in [1.29, 1.82) is 0 Å². The Labute approximate surface area is 794 Å². The summed E-state index contributed by atoms with van der Waals surface area (Å²) in [6.07, 6.45) is -39.3. The summed E-state index contributed by atoms with van der Waals surface area (Å²) in [7, 11) is 4.01. The predicted octanol–water partition coefficient (Wildman–Crippen LogP) is 22.5. The van der Waals surface area contributed by atoms with E-state index in [1.54, 1.807) is 55.5 Å². The van der Waals surface area contributed by atoms with Crippen LogP contribution in [0, 0.1) is 12.7 Å². The molecule has 0 spiro atoms. The molecule has 6 aliphatic heterocycles. The number of ether oxygens (including phenoxy) is 6. The zero-order valence-electron chi connectivity index (χ0n) is 75.5. The largest absolute Gasteiger partial charge is 0.496 e. The number of pyridine rings is 3. The summed E-state index contributed by atoms with van der Waals surface area (Å²) >= 11 is 0. The highest BCUT2D eigenvalue weighted by Gasteiger charge is 2.52. The Morgan fingerprint density at radius 3 is 0.979 bits per heavy atom. The van der Waals surface area contributed by atoms with Gasteiger partial charge in [0, 0.05) is 58.7 Å². The van der Waals surface area contributed by atoms with Crippen LogP contribution in [0.3, 0.4) is 0 Å². The van der Waals surface area contributed by atoms with Gasteiger partial charge in [0.25, 0.3) is 17.8 Å². The molecule has 15 rings (SSSR count). The van der Waals surface area contributed by atoms with E-state index in [1.807, 2.05) is 0 Å². The fourth-order valence-electron chi connectivity index (χ4n) is 17.0. The molecule has 768 valence electrons. The Kier molecular flexibility index (Phi) is 29.8. The van der Waals surface area contributed by atoms with Crippen LogP contribution >= 0.6 is 0 Å². The number of cyclic esters (lactones) is 3. The van der Waals surface area contributed by atoms with Gasteiger partial charge in [-0.1, -0.05) is 12.1 Å². The Bertz CT molecular complexity index is 6250. The third-order valence-corrected chi connectivity index (χ3v) is 24.3. The summed E-state index contributed by atoms with van der Waals surface area (Å²) in [5.74, 6) is -11.9. The molecule has 0 unspecified atom stereocenters. The number of halogens is 25. The first-order chi connectivity index (χ1) is 66.4. The Hall–Kier alpha value is -14.0. The number of hydrogen-bond acceptors (Lipinski definition) is 18. The number of carbonyl (C=O) groups excluding carboxylic acids is 3. The van der Waals surface area contributed by atoms with Crippen LogP contribution in [0.2, 0.25) is 0 Å². The second kappa shape index (κ2) is 40.1. The molecule has 6 saturated heterocycles. The molecule has 0 radical (unpaired) electrons. The second-order valence-corrected chi connectivity index (χ2v) is 34.5. The van der Waals surface area contributed by atoms with Gasteiger partial charge in [-0.15, -0.1) is 0 Å². The van der Waals surface area contributed by atoms with Gasteiger partial charge in [-0.05, 0) is 201 Å². The Balaban J connectivity index is 0.000000180. The summed E-state index contributed by atoms with van der Waals surface area (Å²) in [6.45, 7) is 0.752. The van der Waals surface area contributed by atoms with Gasteiger partial charge in [-0.25, -0.2) is 60.1 Å².